The van der Waals surface area contributed by atoms with E-state index in [0.717, 1.165) is 36.3 Å². The monoisotopic (exact) mass is 389 g/mol. The molecule has 0 radical (unpaired) electrons. The van der Waals surface area contributed by atoms with E-state index in [-0.39, 0.29) is 5.91 Å². The number of nitrogens with one attached hydrogen (secondary N) is 1. The second kappa shape index (κ2) is 16.2. The van der Waals surface area contributed by atoms with Crippen molar-refractivity contribution >= 4 is 22.4 Å². The first-order valence-corrected chi connectivity index (χ1v) is 10.7. The van der Waals surface area contributed by atoms with E-state index in [2.05, 4.69) is 35.9 Å². The van der Waals surface area contributed by atoms with Crippen molar-refractivity contribution in [1.29, 1.82) is 0 Å². The van der Waals surface area contributed by atoms with Crippen molar-refractivity contribution < 1.29 is 4.79 Å². The lowest BCUT2D eigenvalue weighted by Crippen LogP contribution is -2.14. The molecular weight excluding hydrogens is 354 g/mol. The number of rotatable bonds is 8. The van der Waals surface area contributed by atoms with Crippen molar-refractivity contribution in [1.82, 2.24) is 10.2 Å². The van der Waals surface area contributed by atoms with Crippen molar-refractivity contribution in [2.24, 2.45) is 0 Å². The summed E-state index contributed by atoms with van der Waals surface area (Å²) in [6, 6.07) is 9.67. The minimum Gasteiger partial charge on any atom is -0.300 e. The molecule has 0 spiro atoms. The summed E-state index contributed by atoms with van der Waals surface area (Å²) in [5.41, 5.74) is 2.20. The molecule has 0 aliphatic carbocycles. The number of anilines is 1. The fraction of sp³-hybridized carbons (Fsp3) is 0.500. The molecule has 5 heteroatoms. The molecule has 0 saturated heterocycles. The lowest BCUT2D eigenvalue weighted by atomic mass is 10.1. The lowest BCUT2D eigenvalue weighted by Gasteiger charge is -2.00. The number of hydrogen-bond donors (Lipinski definition) is 1. The van der Waals surface area contributed by atoms with Gasteiger partial charge in [0.2, 0.25) is 11.0 Å². The molecule has 150 valence electrons. The van der Waals surface area contributed by atoms with Crippen LogP contribution in [-0.4, -0.2) is 16.1 Å². The summed E-state index contributed by atoms with van der Waals surface area (Å²) >= 11 is 1.45. The highest BCUT2D eigenvalue weighted by Crippen LogP contribution is 2.18. The standard InChI is InChI=1S/C17H21N3OS.C3H8.C2H6/c1-13(2)8-6-7-11-16-19-20-17(22-16)18-15(21)12-14-9-4-3-5-10-14;1-3-2;1-2/h3-5,9-10H,1,6-8,11-12H2,2H3,(H,18,20,21);3H2,1-2H3;1-2H3. The van der Waals surface area contributed by atoms with Gasteiger partial charge in [-0.1, -0.05) is 81.4 Å². The SMILES string of the molecule is C=C(C)CCCCc1nnc(NC(=O)Cc2ccccc2)s1.CC.CCC. The molecule has 2 aromatic rings. The molecule has 0 aliphatic rings. The Hall–Kier alpha value is -2.01. The van der Waals surface area contributed by atoms with E-state index in [1.54, 1.807) is 0 Å². The predicted molar refractivity (Wildman–Crippen MR) is 118 cm³/mol. The normalized spacial score (nSPS) is 9.37. The first kappa shape index (κ1) is 25.0. The molecule has 0 fully saturated rings. The van der Waals surface area contributed by atoms with Gasteiger partial charge in [0.05, 0.1) is 6.42 Å². The topological polar surface area (TPSA) is 54.9 Å². The maximum atomic E-state index is 11.9. The van der Waals surface area contributed by atoms with E-state index in [9.17, 15) is 4.79 Å². The first-order chi connectivity index (χ1) is 13.0. The van der Waals surface area contributed by atoms with Crippen LogP contribution in [0.1, 0.15) is 70.9 Å². The zero-order valence-electron chi connectivity index (χ0n) is 17.5. The highest BCUT2D eigenvalue weighted by Gasteiger charge is 2.08. The van der Waals surface area contributed by atoms with Crippen molar-refractivity contribution in [2.75, 3.05) is 5.32 Å². The molecule has 1 aromatic carbocycles. The van der Waals surface area contributed by atoms with Crippen LogP contribution in [0.5, 0.6) is 0 Å². The van der Waals surface area contributed by atoms with Crippen LogP contribution in [0.2, 0.25) is 0 Å². The van der Waals surface area contributed by atoms with Crippen molar-refractivity contribution in [3.8, 4) is 0 Å². The highest BCUT2D eigenvalue weighted by atomic mass is 32.1. The molecule has 1 heterocycles. The molecule has 0 aliphatic heterocycles. The van der Waals surface area contributed by atoms with E-state index in [1.807, 2.05) is 51.1 Å². The van der Waals surface area contributed by atoms with Crippen LogP contribution >= 0.6 is 11.3 Å². The number of aromatic nitrogens is 2. The van der Waals surface area contributed by atoms with Crippen LogP contribution in [0.4, 0.5) is 5.13 Å². The smallest absolute Gasteiger partial charge is 0.230 e. The molecule has 1 amide bonds. The third kappa shape index (κ3) is 12.9. The minimum atomic E-state index is -0.0591. The summed E-state index contributed by atoms with van der Waals surface area (Å²) in [6.45, 7) is 14.2. The van der Waals surface area contributed by atoms with Crippen molar-refractivity contribution in [3.63, 3.8) is 0 Å². The van der Waals surface area contributed by atoms with Crippen LogP contribution in [0.15, 0.2) is 42.5 Å². The van der Waals surface area contributed by atoms with Gasteiger partial charge in [0.25, 0.3) is 0 Å². The second-order valence-corrected chi connectivity index (χ2v) is 7.14. The van der Waals surface area contributed by atoms with Crippen LogP contribution < -0.4 is 5.32 Å². The Labute approximate surface area is 169 Å². The average Bonchev–Trinajstić information content (AvgIpc) is 3.09. The Kier molecular flexibility index (Phi) is 15.0. The Bertz CT molecular complexity index is 638. The molecule has 2 rings (SSSR count). The van der Waals surface area contributed by atoms with E-state index in [4.69, 9.17) is 0 Å². The molecule has 1 N–H and O–H groups in total. The molecule has 0 saturated carbocycles. The van der Waals surface area contributed by atoms with Crippen molar-refractivity contribution in [3.05, 3.63) is 53.1 Å². The summed E-state index contributed by atoms with van der Waals surface area (Å²) in [4.78, 5) is 11.9. The van der Waals surface area contributed by atoms with E-state index >= 15 is 0 Å². The number of nitrogens with zero attached hydrogens (tertiary/aromatic N) is 2. The fourth-order valence-corrected chi connectivity index (χ4v) is 2.85. The number of unbranched alkanes of at least 4 members (excludes halogenated alkanes) is 1. The number of aryl methyl sites for hydroxylation is 1. The van der Waals surface area contributed by atoms with Crippen LogP contribution in [-0.2, 0) is 17.6 Å². The van der Waals surface area contributed by atoms with Crippen LogP contribution in [0.3, 0.4) is 0 Å². The molecule has 4 nitrogen and oxygen atoms in total. The summed E-state index contributed by atoms with van der Waals surface area (Å²) in [5.74, 6) is -0.0591. The van der Waals surface area contributed by atoms with Crippen molar-refractivity contribution in [2.45, 2.75) is 73.1 Å². The Morgan fingerprint density at radius 3 is 2.33 bits per heavy atom. The predicted octanol–water partition coefficient (Wildman–Crippen LogP) is 6.45. The number of hydrogen-bond acceptors (Lipinski definition) is 4. The summed E-state index contributed by atoms with van der Waals surface area (Å²) in [5, 5.41) is 12.5. The molecule has 0 unspecified atom stereocenters. The third-order valence-electron chi connectivity index (χ3n) is 3.16. The van der Waals surface area contributed by atoms with Gasteiger partial charge in [-0.2, -0.15) is 0 Å². The average molecular weight is 390 g/mol. The van der Waals surface area contributed by atoms with Gasteiger partial charge in [0.15, 0.2) is 0 Å². The number of benzene rings is 1. The molecule has 27 heavy (non-hydrogen) atoms. The van der Waals surface area contributed by atoms with Crippen LogP contribution in [0.25, 0.3) is 0 Å². The maximum absolute atomic E-state index is 11.9. The zero-order valence-corrected chi connectivity index (χ0v) is 18.4. The van der Waals surface area contributed by atoms with Gasteiger partial charge in [0, 0.05) is 6.42 Å². The minimum absolute atomic E-state index is 0.0591. The Balaban J connectivity index is 0.00000123. The Morgan fingerprint density at radius 2 is 1.74 bits per heavy atom. The number of allylic oxidation sites excluding steroid dienone is 1. The summed E-state index contributed by atoms with van der Waals surface area (Å²) in [6.07, 6.45) is 5.75. The third-order valence-corrected chi connectivity index (χ3v) is 4.06. The highest BCUT2D eigenvalue weighted by molar-refractivity contribution is 7.15. The largest absolute Gasteiger partial charge is 0.300 e. The molecule has 1 aromatic heterocycles. The van der Waals surface area contributed by atoms with Gasteiger partial charge in [-0.05, 0) is 31.7 Å². The van der Waals surface area contributed by atoms with E-state index in [0.29, 0.717) is 11.6 Å². The number of amides is 1. The van der Waals surface area contributed by atoms with Gasteiger partial charge in [0.1, 0.15) is 5.01 Å². The van der Waals surface area contributed by atoms with Gasteiger partial charge in [-0.3, -0.25) is 4.79 Å². The maximum Gasteiger partial charge on any atom is 0.230 e. The lowest BCUT2D eigenvalue weighted by molar-refractivity contribution is -0.115. The Morgan fingerprint density at radius 1 is 1.11 bits per heavy atom. The van der Waals surface area contributed by atoms with Gasteiger partial charge in [-0.15, -0.1) is 16.8 Å². The fourth-order valence-electron chi connectivity index (χ4n) is 2.05. The first-order valence-electron chi connectivity index (χ1n) is 9.85. The van der Waals surface area contributed by atoms with Crippen LogP contribution in [0, 0.1) is 0 Å². The number of carbonyl (C=O) groups is 1. The summed E-state index contributed by atoms with van der Waals surface area (Å²) in [7, 11) is 0. The summed E-state index contributed by atoms with van der Waals surface area (Å²) < 4.78 is 0. The van der Waals surface area contributed by atoms with Gasteiger partial charge >= 0.3 is 0 Å². The quantitative estimate of drug-likeness (QED) is 0.417. The van der Waals surface area contributed by atoms with E-state index < -0.39 is 0 Å². The molecule has 0 bridgehead atoms. The van der Waals surface area contributed by atoms with E-state index in [1.165, 1.54) is 23.3 Å². The zero-order chi connectivity index (χ0) is 20.5. The second-order valence-electron chi connectivity index (χ2n) is 6.08. The van der Waals surface area contributed by atoms with Gasteiger partial charge in [-0.25, -0.2) is 0 Å². The number of carbonyl (C=O) groups excluding carboxylic acids is 1. The molecular formula is C22H35N3OS. The molecule has 0 atom stereocenters. The van der Waals surface area contributed by atoms with Gasteiger partial charge < -0.3 is 5.32 Å².